The van der Waals surface area contributed by atoms with Crippen LogP contribution in [0.15, 0.2) is 66.9 Å². The maximum atomic E-state index is 14.3. The Hall–Kier alpha value is -3.95. The van der Waals surface area contributed by atoms with Crippen LogP contribution in [0.4, 0.5) is 8.78 Å². The third-order valence-electron chi connectivity index (χ3n) is 7.00. The summed E-state index contributed by atoms with van der Waals surface area (Å²) in [7, 11) is 0. The number of carbonyl (C=O) groups is 1. The first kappa shape index (κ1) is 30.0. The maximum Gasteiger partial charge on any atom is 0.272 e. The van der Waals surface area contributed by atoms with Gasteiger partial charge in [0.1, 0.15) is 23.2 Å². The highest BCUT2D eigenvalue weighted by molar-refractivity contribution is 5.94. The molecule has 0 spiro atoms. The molecule has 9 heteroatoms. The Kier molecular flexibility index (Phi) is 9.96. The smallest absolute Gasteiger partial charge is 0.272 e. The predicted molar refractivity (Wildman–Crippen MR) is 154 cm³/mol. The van der Waals surface area contributed by atoms with Crippen LogP contribution in [0.25, 0.3) is 22.6 Å². The van der Waals surface area contributed by atoms with Crippen molar-refractivity contribution in [2.45, 2.75) is 71.2 Å². The average Bonchev–Trinajstić information content (AvgIpc) is 3.35. The first-order valence-electron chi connectivity index (χ1n) is 13.9. The molecule has 4 rings (SSSR count). The van der Waals surface area contributed by atoms with E-state index in [9.17, 15) is 23.8 Å². The summed E-state index contributed by atoms with van der Waals surface area (Å²) in [6, 6.07) is 15.8. The highest BCUT2D eigenvalue weighted by Gasteiger charge is 2.26. The lowest BCUT2D eigenvalue weighted by molar-refractivity contribution is 0.0711. The number of aliphatic hydroxyl groups is 2. The summed E-state index contributed by atoms with van der Waals surface area (Å²) in [5, 5.41) is 23.4. The van der Waals surface area contributed by atoms with Gasteiger partial charge in [-0.1, -0.05) is 32.9 Å². The molecule has 0 saturated heterocycles. The zero-order chi connectivity index (χ0) is 29.5. The number of aromatic nitrogens is 3. The number of benzene rings is 2. The summed E-state index contributed by atoms with van der Waals surface area (Å²) >= 11 is 0. The molecule has 0 fully saturated rings. The monoisotopic (exact) mass is 562 g/mol. The fourth-order valence-electron chi connectivity index (χ4n) is 4.81. The number of pyridine rings is 1. The van der Waals surface area contributed by atoms with Crippen molar-refractivity contribution in [1.29, 1.82) is 0 Å². The lowest BCUT2D eigenvalue weighted by Gasteiger charge is -2.19. The van der Waals surface area contributed by atoms with E-state index >= 15 is 0 Å². The van der Waals surface area contributed by atoms with E-state index in [1.807, 2.05) is 25.3 Å². The summed E-state index contributed by atoms with van der Waals surface area (Å²) in [6.07, 6.45) is 1.39. The minimum absolute atomic E-state index is 0.0931. The molecule has 0 saturated carbocycles. The quantitative estimate of drug-likeness (QED) is 0.201. The van der Waals surface area contributed by atoms with Crippen molar-refractivity contribution in [3.63, 3.8) is 0 Å². The van der Waals surface area contributed by atoms with Gasteiger partial charge in [0, 0.05) is 30.4 Å². The first-order chi connectivity index (χ1) is 19.7. The van der Waals surface area contributed by atoms with Gasteiger partial charge in [0.15, 0.2) is 0 Å². The molecule has 2 aromatic heterocycles. The molecular weight excluding hydrogens is 526 g/mol. The van der Waals surface area contributed by atoms with Crippen LogP contribution in [0.3, 0.4) is 0 Å². The third kappa shape index (κ3) is 7.42. The number of hydrogen-bond donors (Lipinski definition) is 3. The topological polar surface area (TPSA) is 100 Å². The van der Waals surface area contributed by atoms with E-state index < -0.39 is 12.2 Å². The van der Waals surface area contributed by atoms with Gasteiger partial charge in [-0.15, -0.1) is 0 Å². The Morgan fingerprint density at radius 3 is 2.44 bits per heavy atom. The molecule has 2 atom stereocenters. The first-order valence-corrected chi connectivity index (χ1v) is 13.9. The lowest BCUT2D eigenvalue weighted by atomic mass is 10.1. The highest BCUT2D eigenvalue weighted by atomic mass is 19.1. The molecule has 2 heterocycles. The molecule has 2 unspecified atom stereocenters. The van der Waals surface area contributed by atoms with Gasteiger partial charge in [-0.05, 0) is 79.3 Å². The molecule has 0 radical (unpaired) electrons. The number of halogens is 2. The Labute approximate surface area is 238 Å². The number of nitrogens with one attached hydrogen (secondary N) is 1. The SMILES string of the molecule is CCC(O)CC(O)CCn1c(-c2ccc(F)cc2)nc(C(=O)NCc2ccnc(-c3ccccc3F)c2)c1C(C)C. The number of aliphatic hydroxyl groups excluding tert-OH is 2. The Balaban J connectivity index is 1.62. The number of rotatable bonds is 12. The van der Waals surface area contributed by atoms with Gasteiger partial charge in [-0.2, -0.15) is 0 Å². The molecule has 7 nitrogen and oxygen atoms in total. The van der Waals surface area contributed by atoms with Crippen molar-refractivity contribution in [3.8, 4) is 22.6 Å². The standard InChI is InChI=1S/C32H36F2N4O3/c1-4-24(39)18-25(40)14-16-38-30(20(2)3)29(37-31(38)22-9-11-23(33)12-10-22)32(41)36-19-21-13-15-35-28(17-21)26-7-5-6-8-27(26)34/h5-13,15,17,20,24-25,39-40H,4,14,16,18-19H2,1-3H3,(H,36,41). The summed E-state index contributed by atoms with van der Waals surface area (Å²) in [5.74, 6) is -0.750. The normalized spacial score (nSPS) is 12.9. The van der Waals surface area contributed by atoms with Gasteiger partial charge >= 0.3 is 0 Å². The van der Waals surface area contributed by atoms with Gasteiger partial charge in [0.2, 0.25) is 0 Å². The van der Waals surface area contributed by atoms with Crippen LogP contribution in [-0.2, 0) is 13.1 Å². The van der Waals surface area contributed by atoms with Crippen molar-refractivity contribution in [1.82, 2.24) is 19.9 Å². The fourth-order valence-corrected chi connectivity index (χ4v) is 4.81. The lowest BCUT2D eigenvalue weighted by Crippen LogP contribution is -2.25. The minimum atomic E-state index is -0.735. The number of carbonyl (C=O) groups excluding carboxylic acids is 1. The largest absolute Gasteiger partial charge is 0.393 e. The van der Waals surface area contributed by atoms with E-state index in [0.29, 0.717) is 47.7 Å². The van der Waals surface area contributed by atoms with Gasteiger partial charge < -0.3 is 20.1 Å². The van der Waals surface area contributed by atoms with E-state index in [0.717, 1.165) is 5.56 Å². The molecule has 4 aromatic rings. The number of imidazole rings is 1. The highest BCUT2D eigenvalue weighted by Crippen LogP contribution is 2.29. The van der Waals surface area contributed by atoms with Gasteiger partial charge in [0.25, 0.3) is 5.91 Å². The summed E-state index contributed by atoms with van der Waals surface area (Å²) in [4.78, 5) is 22.5. The third-order valence-corrected chi connectivity index (χ3v) is 7.00. The minimum Gasteiger partial charge on any atom is -0.393 e. The number of hydrogen-bond acceptors (Lipinski definition) is 5. The summed E-state index contributed by atoms with van der Waals surface area (Å²) < 4.78 is 29.9. The van der Waals surface area contributed by atoms with Gasteiger partial charge in [0.05, 0.1) is 23.6 Å². The van der Waals surface area contributed by atoms with Crippen molar-refractivity contribution in [2.24, 2.45) is 0 Å². The van der Waals surface area contributed by atoms with Crippen LogP contribution in [0, 0.1) is 11.6 Å². The summed E-state index contributed by atoms with van der Waals surface area (Å²) in [5.41, 5.74) is 3.15. The molecule has 2 aromatic carbocycles. The molecule has 216 valence electrons. The van der Waals surface area contributed by atoms with Crippen molar-refractivity contribution in [2.75, 3.05) is 0 Å². The molecule has 0 aliphatic heterocycles. The van der Waals surface area contributed by atoms with E-state index in [4.69, 9.17) is 4.98 Å². The number of amides is 1. The molecular formula is C32H36F2N4O3. The number of nitrogens with zero attached hydrogens (tertiary/aromatic N) is 3. The van der Waals surface area contributed by atoms with Crippen molar-refractivity contribution in [3.05, 3.63) is 95.4 Å². The van der Waals surface area contributed by atoms with Crippen LogP contribution in [0.5, 0.6) is 0 Å². The predicted octanol–water partition coefficient (Wildman–Crippen LogP) is 5.86. The molecule has 3 N–H and O–H groups in total. The second kappa shape index (κ2) is 13.6. The molecule has 1 amide bonds. The van der Waals surface area contributed by atoms with Crippen LogP contribution in [-0.4, -0.2) is 42.9 Å². The van der Waals surface area contributed by atoms with Crippen molar-refractivity contribution >= 4 is 5.91 Å². The van der Waals surface area contributed by atoms with Crippen LogP contribution >= 0.6 is 0 Å². The van der Waals surface area contributed by atoms with Crippen molar-refractivity contribution < 1.29 is 23.8 Å². The Morgan fingerprint density at radius 2 is 1.76 bits per heavy atom. The molecule has 0 bridgehead atoms. The van der Waals surface area contributed by atoms with Gasteiger partial charge in [-0.25, -0.2) is 13.8 Å². The van der Waals surface area contributed by atoms with Gasteiger partial charge in [-0.3, -0.25) is 9.78 Å². The zero-order valence-corrected chi connectivity index (χ0v) is 23.5. The Morgan fingerprint density at radius 1 is 1.02 bits per heavy atom. The average molecular weight is 563 g/mol. The second-order valence-electron chi connectivity index (χ2n) is 10.4. The maximum absolute atomic E-state index is 14.3. The summed E-state index contributed by atoms with van der Waals surface area (Å²) in [6.45, 7) is 6.30. The van der Waals surface area contributed by atoms with E-state index in [-0.39, 0.29) is 42.1 Å². The molecule has 0 aliphatic rings. The fraction of sp³-hybridized carbons (Fsp3) is 0.344. The van der Waals surface area contributed by atoms with E-state index in [1.165, 1.54) is 18.2 Å². The van der Waals surface area contributed by atoms with E-state index in [2.05, 4.69) is 10.3 Å². The molecule has 0 aliphatic carbocycles. The second-order valence-corrected chi connectivity index (χ2v) is 10.4. The molecule has 41 heavy (non-hydrogen) atoms. The van der Waals surface area contributed by atoms with E-state index in [1.54, 1.807) is 48.7 Å². The zero-order valence-electron chi connectivity index (χ0n) is 23.5. The van der Waals surface area contributed by atoms with Crippen LogP contribution in [0.1, 0.15) is 67.7 Å². The van der Waals surface area contributed by atoms with Crippen LogP contribution in [0.2, 0.25) is 0 Å². The Bertz CT molecular complexity index is 1470. The van der Waals surface area contributed by atoms with Crippen LogP contribution < -0.4 is 5.32 Å².